The van der Waals surface area contributed by atoms with Crippen LogP contribution >= 0.6 is 11.8 Å². The summed E-state index contributed by atoms with van der Waals surface area (Å²) in [6.45, 7) is 1.25. The molecule has 0 saturated carbocycles. The summed E-state index contributed by atoms with van der Waals surface area (Å²) in [5.74, 6) is 7.02. The molecule has 0 bridgehead atoms. The normalized spacial score (nSPS) is 18.9. The van der Waals surface area contributed by atoms with Gasteiger partial charge in [-0.05, 0) is 31.9 Å². The van der Waals surface area contributed by atoms with Crippen LogP contribution in [0, 0.1) is 0 Å². The van der Waals surface area contributed by atoms with Gasteiger partial charge in [0.15, 0.2) is 5.16 Å². The highest BCUT2D eigenvalue weighted by molar-refractivity contribution is 7.98. The number of thioether (sulfide) groups is 1. The minimum absolute atomic E-state index is 0.250. The number of nitrogens with zero attached hydrogens (tertiary/aromatic N) is 3. The second-order valence-electron chi connectivity index (χ2n) is 4.60. The zero-order chi connectivity index (χ0) is 13.7. The third kappa shape index (κ3) is 3.49. The van der Waals surface area contributed by atoms with E-state index in [2.05, 4.69) is 20.3 Å². The molecule has 1 aromatic heterocycles. The summed E-state index contributed by atoms with van der Waals surface area (Å²) in [5.41, 5.74) is 2.59. The lowest BCUT2D eigenvalue weighted by Gasteiger charge is -2.26. The zero-order valence-electron chi connectivity index (χ0n) is 11.2. The van der Waals surface area contributed by atoms with Crippen LogP contribution in [0.1, 0.15) is 25.7 Å². The first kappa shape index (κ1) is 14.4. The second kappa shape index (κ2) is 6.93. The number of anilines is 2. The molecule has 0 spiro atoms. The lowest BCUT2D eigenvalue weighted by atomic mass is 10.1. The Morgan fingerprint density at radius 3 is 3.11 bits per heavy atom. The summed E-state index contributed by atoms with van der Waals surface area (Å²) >= 11 is 1.51. The molecule has 1 aliphatic heterocycles. The van der Waals surface area contributed by atoms with Gasteiger partial charge in [0.05, 0.1) is 0 Å². The van der Waals surface area contributed by atoms with E-state index in [1.54, 1.807) is 0 Å². The predicted octanol–water partition coefficient (Wildman–Crippen LogP) is 1.23. The van der Waals surface area contributed by atoms with Gasteiger partial charge in [-0.2, -0.15) is 0 Å². The molecule has 19 heavy (non-hydrogen) atoms. The van der Waals surface area contributed by atoms with Crippen molar-refractivity contribution in [2.24, 2.45) is 5.84 Å². The Morgan fingerprint density at radius 2 is 2.42 bits per heavy atom. The molecule has 0 radical (unpaired) electrons. The van der Waals surface area contributed by atoms with Crippen molar-refractivity contribution in [3.8, 4) is 0 Å². The lowest BCUT2D eigenvalue weighted by molar-refractivity contribution is 0.279. The molecule has 0 aliphatic carbocycles. The molecule has 7 heteroatoms. The molecule has 1 fully saturated rings. The number of rotatable bonds is 6. The van der Waals surface area contributed by atoms with E-state index >= 15 is 0 Å². The maximum Gasteiger partial charge on any atom is 0.191 e. The van der Waals surface area contributed by atoms with Gasteiger partial charge in [-0.1, -0.05) is 11.8 Å². The Hall–Kier alpha value is -1.05. The summed E-state index contributed by atoms with van der Waals surface area (Å²) < 4.78 is 0. The van der Waals surface area contributed by atoms with Crippen LogP contribution in [0.3, 0.4) is 0 Å². The molecule has 2 heterocycles. The standard InChI is InChI=1S/C12H21N5OS/c1-19-12-14-10(16-13)8-11(15-12)17-6-2-4-9(17)5-3-7-18/h8-9,18H,2-7,13H2,1H3,(H,14,15,16). The molecule has 1 aromatic rings. The van der Waals surface area contributed by atoms with Gasteiger partial charge in [0.25, 0.3) is 0 Å². The molecule has 0 aromatic carbocycles. The summed E-state index contributed by atoms with van der Waals surface area (Å²) in [6.07, 6.45) is 6.11. The van der Waals surface area contributed by atoms with Crippen molar-refractivity contribution in [1.82, 2.24) is 9.97 Å². The van der Waals surface area contributed by atoms with Gasteiger partial charge < -0.3 is 15.4 Å². The molecular formula is C12H21N5OS. The SMILES string of the molecule is CSc1nc(NN)cc(N2CCCC2CCCO)n1. The predicted molar refractivity (Wildman–Crippen MR) is 78.3 cm³/mol. The molecule has 1 aliphatic rings. The fourth-order valence-electron chi connectivity index (χ4n) is 2.49. The number of hydrogen-bond acceptors (Lipinski definition) is 7. The third-order valence-corrected chi connectivity index (χ3v) is 3.94. The van der Waals surface area contributed by atoms with Crippen LogP contribution in [0.2, 0.25) is 0 Å². The van der Waals surface area contributed by atoms with Crippen molar-refractivity contribution in [3.05, 3.63) is 6.07 Å². The Balaban J connectivity index is 2.19. The van der Waals surface area contributed by atoms with E-state index in [4.69, 9.17) is 10.9 Å². The molecule has 1 atom stereocenters. The molecule has 2 rings (SSSR count). The van der Waals surface area contributed by atoms with Crippen LogP contribution in [-0.4, -0.2) is 40.5 Å². The minimum atomic E-state index is 0.250. The van der Waals surface area contributed by atoms with Crippen molar-refractivity contribution in [2.75, 3.05) is 29.7 Å². The van der Waals surface area contributed by atoms with E-state index in [0.29, 0.717) is 11.9 Å². The molecule has 1 unspecified atom stereocenters. The first-order valence-electron chi connectivity index (χ1n) is 6.55. The summed E-state index contributed by atoms with van der Waals surface area (Å²) in [5, 5.41) is 9.69. The number of aliphatic hydroxyl groups excluding tert-OH is 1. The Labute approximate surface area is 117 Å². The fourth-order valence-corrected chi connectivity index (χ4v) is 2.86. The largest absolute Gasteiger partial charge is 0.396 e. The molecule has 1 saturated heterocycles. The second-order valence-corrected chi connectivity index (χ2v) is 5.37. The molecule has 0 amide bonds. The van der Waals surface area contributed by atoms with Gasteiger partial charge in [0.1, 0.15) is 11.6 Å². The Kier molecular flexibility index (Phi) is 5.24. The quantitative estimate of drug-likeness (QED) is 0.313. The van der Waals surface area contributed by atoms with Gasteiger partial charge in [-0.3, -0.25) is 0 Å². The number of nitrogen functional groups attached to an aromatic ring is 1. The average molecular weight is 283 g/mol. The number of nitrogens with two attached hydrogens (primary N) is 1. The first-order valence-corrected chi connectivity index (χ1v) is 7.78. The van der Waals surface area contributed by atoms with E-state index in [-0.39, 0.29) is 6.61 Å². The van der Waals surface area contributed by atoms with Crippen LogP contribution in [-0.2, 0) is 0 Å². The molecule has 4 N–H and O–H groups in total. The number of nitrogens with one attached hydrogen (secondary N) is 1. The highest BCUT2D eigenvalue weighted by Gasteiger charge is 2.25. The number of hydrogen-bond donors (Lipinski definition) is 3. The summed E-state index contributed by atoms with van der Waals surface area (Å²) in [4.78, 5) is 11.1. The Morgan fingerprint density at radius 1 is 1.58 bits per heavy atom. The van der Waals surface area contributed by atoms with Crippen LogP contribution in [0.15, 0.2) is 11.2 Å². The summed E-state index contributed by atoms with van der Waals surface area (Å²) in [7, 11) is 0. The number of hydrazine groups is 1. The van der Waals surface area contributed by atoms with E-state index in [0.717, 1.165) is 36.8 Å². The first-order chi connectivity index (χ1) is 9.28. The van der Waals surface area contributed by atoms with Crippen LogP contribution in [0.25, 0.3) is 0 Å². The average Bonchev–Trinajstić information content (AvgIpc) is 2.92. The topological polar surface area (TPSA) is 87.3 Å². The van der Waals surface area contributed by atoms with Crippen molar-refractivity contribution < 1.29 is 5.11 Å². The Bertz CT molecular complexity index is 395. The van der Waals surface area contributed by atoms with Crippen LogP contribution in [0.4, 0.5) is 11.6 Å². The molecular weight excluding hydrogens is 262 g/mol. The number of aliphatic hydroxyl groups is 1. The van der Waals surface area contributed by atoms with Gasteiger partial charge in [-0.15, -0.1) is 0 Å². The van der Waals surface area contributed by atoms with Gasteiger partial charge in [-0.25, -0.2) is 15.8 Å². The highest BCUT2D eigenvalue weighted by atomic mass is 32.2. The minimum Gasteiger partial charge on any atom is -0.396 e. The molecule has 106 valence electrons. The van der Waals surface area contributed by atoms with Crippen molar-refractivity contribution >= 4 is 23.4 Å². The highest BCUT2D eigenvalue weighted by Crippen LogP contribution is 2.29. The maximum absolute atomic E-state index is 8.97. The van der Waals surface area contributed by atoms with E-state index < -0.39 is 0 Å². The lowest BCUT2D eigenvalue weighted by Crippen LogP contribution is -2.30. The smallest absolute Gasteiger partial charge is 0.191 e. The van der Waals surface area contributed by atoms with Crippen molar-refractivity contribution in [2.45, 2.75) is 36.9 Å². The van der Waals surface area contributed by atoms with Crippen molar-refractivity contribution in [3.63, 3.8) is 0 Å². The van der Waals surface area contributed by atoms with Gasteiger partial charge >= 0.3 is 0 Å². The maximum atomic E-state index is 8.97. The van der Waals surface area contributed by atoms with E-state index in [1.807, 2.05) is 12.3 Å². The number of aromatic nitrogens is 2. The van der Waals surface area contributed by atoms with E-state index in [9.17, 15) is 0 Å². The van der Waals surface area contributed by atoms with Crippen molar-refractivity contribution in [1.29, 1.82) is 0 Å². The van der Waals surface area contributed by atoms with Gasteiger partial charge in [0.2, 0.25) is 0 Å². The zero-order valence-corrected chi connectivity index (χ0v) is 12.0. The van der Waals surface area contributed by atoms with Gasteiger partial charge in [0, 0.05) is 25.3 Å². The van der Waals surface area contributed by atoms with Crippen LogP contribution in [0.5, 0.6) is 0 Å². The monoisotopic (exact) mass is 283 g/mol. The van der Waals surface area contributed by atoms with E-state index in [1.165, 1.54) is 18.2 Å². The molecule has 6 nitrogen and oxygen atoms in total. The third-order valence-electron chi connectivity index (χ3n) is 3.39. The van der Waals surface area contributed by atoms with Crippen LogP contribution < -0.4 is 16.2 Å². The summed E-state index contributed by atoms with van der Waals surface area (Å²) in [6, 6.07) is 2.35. The fraction of sp³-hybridized carbons (Fsp3) is 0.667.